The van der Waals surface area contributed by atoms with Crippen molar-refractivity contribution in [3.63, 3.8) is 0 Å². The van der Waals surface area contributed by atoms with Gasteiger partial charge in [-0.15, -0.1) is 0 Å². The molecular weight excluding hydrogens is 562 g/mol. The Morgan fingerprint density at radius 3 is 1.93 bits per heavy atom. The summed E-state index contributed by atoms with van der Waals surface area (Å²) in [5.41, 5.74) is 4.09. The normalized spacial score (nSPS) is 11.8. The van der Waals surface area contributed by atoms with Crippen molar-refractivity contribution in [1.82, 2.24) is 10.2 Å². The molecule has 4 aromatic carbocycles. The summed E-state index contributed by atoms with van der Waals surface area (Å²) in [6.07, 6.45) is 1.33. The first kappa shape index (κ1) is 31.3. The van der Waals surface area contributed by atoms with E-state index < -0.39 is 28.5 Å². The van der Waals surface area contributed by atoms with Crippen LogP contribution in [-0.2, 0) is 39.2 Å². The van der Waals surface area contributed by atoms with E-state index in [4.69, 9.17) is 4.74 Å². The van der Waals surface area contributed by atoms with Crippen molar-refractivity contribution in [1.29, 1.82) is 0 Å². The summed E-state index contributed by atoms with van der Waals surface area (Å²) in [7, 11) is -2.33. The predicted molar refractivity (Wildman–Crippen MR) is 169 cm³/mol. The number of aryl methyl sites for hydroxylation is 1. The molecule has 8 nitrogen and oxygen atoms in total. The Labute approximate surface area is 254 Å². The minimum atomic E-state index is -3.86. The summed E-state index contributed by atoms with van der Waals surface area (Å²) in [6.45, 7) is 1.99. The van der Waals surface area contributed by atoms with Gasteiger partial charge in [-0.05, 0) is 47.9 Å². The highest BCUT2D eigenvalue weighted by Gasteiger charge is 2.32. The molecule has 0 radical (unpaired) electrons. The summed E-state index contributed by atoms with van der Waals surface area (Å²) in [5.74, 6) is -0.272. The van der Waals surface area contributed by atoms with E-state index in [-0.39, 0.29) is 18.9 Å². The lowest BCUT2D eigenvalue weighted by Crippen LogP contribution is -2.52. The number of ether oxygens (including phenoxy) is 1. The van der Waals surface area contributed by atoms with E-state index in [0.717, 1.165) is 32.8 Å². The molecule has 224 valence electrons. The van der Waals surface area contributed by atoms with Gasteiger partial charge < -0.3 is 15.0 Å². The number of carbonyl (C=O) groups is 2. The number of anilines is 1. The van der Waals surface area contributed by atoms with E-state index in [1.807, 2.05) is 91.9 Å². The van der Waals surface area contributed by atoms with E-state index in [1.54, 1.807) is 24.3 Å². The Hall–Kier alpha value is -4.63. The number of benzene rings is 4. The molecule has 1 unspecified atom stereocenters. The van der Waals surface area contributed by atoms with Crippen molar-refractivity contribution in [3.05, 3.63) is 131 Å². The predicted octanol–water partition coefficient (Wildman–Crippen LogP) is 4.73. The van der Waals surface area contributed by atoms with E-state index in [0.29, 0.717) is 18.0 Å². The van der Waals surface area contributed by atoms with Gasteiger partial charge in [0.1, 0.15) is 24.9 Å². The first-order valence-electron chi connectivity index (χ1n) is 14.0. The lowest BCUT2D eigenvalue weighted by molar-refractivity contribution is -0.139. The molecule has 0 spiro atoms. The molecule has 0 heterocycles. The van der Waals surface area contributed by atoms with Gasteiger partial charge in [0, 0.05) is 20.0 Å². The van der Waals surface area contributed by atoms with E-state index >= 15 is 0 Å². The molecule has 0 fully saturated rings. The fourth-order valence-corrected chi connectivity index (χ4v) is 5.52. The molecule has 0 aliphatic heterocycles. The quantitative estimate of drug-likeness (QED) is 0.240. The van der Waals surface area contributed by atoms with Crippen LogP contribution in [0.2, 0.25) is 0 Å². The zero-order valence-electron chi connectivity index (χ0n) is 24.6. The molecule has 0 aliphatic rings. The van der Waals surface area contributed by atoms with Crippen molar-refractivity contribution < 1.29 is 22.7 Å². The van der Waals surface area contributed by atoms with Crippen LogP contribution in [0.1, 0.15) is 22.3 Å². The van der Waals surface area contributed by atoms with Gasteiger partial charge in [-0.2, -0.15) is 0 Å². The molecular formula is C34H37N3O5S. The summed E-state index contributed by atoms with van der Waals surface area (Å²) in [4.78, 5) is 28.7. The average Bonchev–Trinajstić information content (AvgIpc) is 3.01. The summed E-state index contributed by atoms with van der Waals surface area (Å²) >= 11 is 0. The standard InChI is InChI=1S/C34H37N3O5S/c1-26-14-16-28(17-15-26)23-36(32(34(39)35-2)22-27-10-6-4-7-11-27)33(38)24-37(43(3,40)41)30-18-20-31(21-19-30)42-25-29-12-8-5-9-13-29/h4-21,32H,22-25H2,1-3H3,(H,35,39). The monoisotopic (exact) mass is 599 g/mol. The van der Waals surface area contributed by atoms with Gasteiger partial charge in [-0.3, -0.25) is 13.9 Å². The van der Waals surface area contributed by atoms with Crippen LogP contribution in [0.3, 0.4) is 0 Å². The number of amides is 2. The number of likely N-dealkylation sites (N-methyl/N-ethyl adjacent to an activating group) is 1. The van der Waals surface area contributed by atoms with Crippen LogP contribution in [0.25, 0.3) is 0 Å². The number of hydrogen-bond donors (Lipinski definition) is 1. The van der Waals surface area contributed by atoms with Crippen LogP contribution < -0.4 is 14.4 Å². The molecule has 43 heavy (non-hydrogen) atoms. The van der Waals surface area contributed by atoms with Crippen molar-refractivity contribution in [2.45, 2.75) is 32.5 Å². The second kappa shape index (κ2) is 14.5. The van der Waals surface area contributed by atoms with Gasteiger partial charge in [0.05, 0.1) is 11.9 Å². The molecule has 9 heteroatoms. The smallest absolute Gasteiger partial charge is 0.244 e. The zero-order valence-corrected chi connectivity index (χ0v) is 25.5. The minimum Gasteiger partial charge on any atom is -0.489 e. The lowest BCUT2D eigenvalue weighted by Gasteiger charge is -2.33. The zero-order chi connectivity index (χ0) is 30.8. The topological polar surface area (TPSA) is 96.0 Å². The average molecular weight is 600 g/mol. The molecule has 2 amide bonds. The third-order valence-corrected chi connectivity index (χ3v) is 8.18. The van der Waals surface area contributed by atoms with Crippen LogP contribution in [-0.4, -0.2) is 51.0 Å². The molecule has 0 aliphatic carbocycles. The van der Waals surface area contributed by atoms with Crippen molar-refractivity contribution in [3.8, 4) is 5.75 Å². The van der Waals surface area contributed by atoms with Crippen LogP contribution in [0.5, 0.6) is 5.75 Å². The van der Waals surface area contributed by atoms with Gasteiger partial charge in [-0.25, -0.2) is 8.42 Å². The van der Waals surface area contributed by atoms with Gasteiger partial charge in [0.25, 0.3) is 0 Å². The highest BCUT2D eigenvalue weighted by atomic mass is 32.2. The van der Waals surface area contributed by atoms with Gasteiger partial charge in [0.15, 0.2) is 0 Å². The molecule has 0 saturated carbocycles. The Kier molecular flexibility index (Phi) is 10.6. The largest absolute Gasteiger partial charge is 0.489 e. The second-order valence-electron chi connectivity index (χ2n) is 10.4. The molecule has 0 aromatic heterocycles. The highest BCUT2D eigenvalue weighted by Crippen LogP contribution is 2.24. The molecule has 0 bridgehead atoms. The summed E-state index contributed by atoms with van der Waals surface area (Å²) in [5, 5.41) is 2.68. The van der Waals surface area contributed by atoms with Crippen LogP contribution in [0.15, 0.2) is 109 Å². The Morgan fingerprint density at radius 2 is 1.37 bits per heavy atom. The van der Waals surface area contributed by atoms with Crippen LogP contribution in [0, 0.1) is 6.92 Å². The molecule has 1 N–H and O–H groups in total. The van der Waals surface area contributed by atoms with Crippen LogP contribution >= 0.6 is 0 Å². The van der Waals surface area contributed by atoms with Crippen LogP contribution in [0.4, 0.5) is 5.69 Å². The molecule has 4 aromatic rings. The van der Waals surface area contributed by atoms with Gasteiger partial charge in [-0.1, -0.05) is 90.5 Å². The maximum atomic E-state index is 14.0. The minimum absolute atomic E-state index is 0.133. The van der Waals surface area contributed by atoms with Gasteiger partial charge in [0.2, 0.25) is 21.8 Å². The van der Waals surface area contributed by atoms with Gasteiger partial charge >= 0.3 is 0 Å². The molecule has 4 rings (SSSR count). The van der Waals surface area contributed by atoms with E-state index in [9.17, 15) is 18.0 Å². The molecule has 0 saturated heterocycles. The fraction of sp³-hybridized carbons (Fsp3) is 0.235. The number of rotatable bonds is 13. The fourth-order valence-electron chi connectivity index (χ4n) is 4.67. The third kappa shape index (κ3) is 8.93. The Balaban J connectivity index is 1.61. The number of hydrogen-bond acceptors (Lipinski definition) is 5. The SMILES string of the molecule is CNC(=O)C(Cc1ccccc1)N(Cc1ccc(C)cc1)C(=O)CN(c1ccc(OCc2ccccc2)cc1)S(C)(=O)=O. The number of nitrogens with one attached hydrogen (secondary N) is 1. The highest BCUT2D eigenvalue weighted by molar-refractivity contribution is 7.92. The number of carbonyl (C=O) groups excluding carboxylic acids is 2. The second-order valence-corrected chi connectivity index (χ2v) is 12.3. The van der Waals surface area contributed by atoms with E-state index in [1.165, 1.54) is 11.9 Å². The third-order valence-electron chi connectivity index (χ3n) is 7.04. The summed E-state index contributed by atoms with van der Waals surface area (Å²) in [6, 6.07) is 32.5. The maximum Gasteiger partial charge on any atom is 0.244 e. The first-order valence-corrected chi connectivity index (χ1v) is 15.8. The Morgan fingerprint density at radius 1 is 0.791 bits per heavy atom. The number of sulfonamides is 1. The van der Waals surface area contributed by atoms with Crippen molar-refractivity contribution in [2.24, 2.45) is 0 Å². The number of nitrogens with zero attached hydrogens (tertiary/aromatic N) is 2. The van der Waals surface area contributed by atoms with Crippen molar-refractivity contribution in [2.75, 3.05) is 24.2 Å². The Bertz CT molecular complexity index is 1590. The van der Waals surface area contributed by atoms with E-state index in [2.05, 4.69) is 5.32 Å². The van der Waals surface area contributed by atoms with Crippen molar-refractivity contribution >= 4 is 27.5 Å². The summed E-state index contributed by atoms with van der Waals surface area (Å²) < 4.78 is 32.9. The first-order chi connectivity index (χ1) is 20.6. The lowest BCUT2D eigenvalue weighted by atomic mass is 10.0. The maximum absolute atomic E-state index is 14.0. The molecule has 1 atom stereocenters.